The molecule has 5 heteroatoms. The van der Waals surface area contributed by atoms with Crippen molar-refractivity contribution in [2.24, 2.45) is 0 Å². The normalized spacial score (nSPS) is 20.4. The van der Waals surface area contributed by atoms with Crippen molar-refractivity contribution >= 4 is 0 Å². The van der Waals surface area contributed by atoms with Gasteiger partial charge in [-0.2, -0.15) is 0 Å². The van der Waals surface area contributed by atoms with Crippen LogP contribution in [0.1, 0.15) is 6.42 Å². The summed E-state index contributed by atoms with van der Waals surface area (Å²) in [4.78, 5) is 2.34. The molecule has 1 atom stereocenters. The fourth-order valence-electron chi connectivity index (χ4n) is 2.37. The van der Waals surface area contributed by atoms with Gasteiger partial charge in [-0.15, -0.1) is 0 Å². The van der Waals surface area contributed by atoms with Crippen molar-refractivity contribution < 1.29 is 14.6 Å². The number of hydrogen-bond donors (Lipinski definition) is 2. The van der Waals surface area contributed by atoms with Gasteiger partial charge in [0.25, 0.3) is 0 Å². The van der Waals surface area contributed by atoms with Crippen molar-refractivity contribution in [3.8, 4) is 11.5 Å². The Labute approximate surface area is 120 Å². The first-order valence-corrected chi connectivity index (χ1v) is 7.15. The van der Waals surface area contributed by atoms with E-state index in [4.69, 9.17) is 9.47 Å². The largest absolute Gasteiger partial charge is 0.497 e. The van der Waals surface area contributed by atoms with Gasteiger partial charge in [0.15, 0.2) is 0 Å². The molecule has 0 saturated carbocycles. The van der Waals surface area contributed by atoms with Crippen LogP contribution < -0.4 is 14.8 Å². The zero-order valence-electron chi connectivity index (χ0n) is 12.0. The zero-order valence-corrected chi connectivity index (χ0v) is 12.0. The summed E-state index contributed by atoms with van der Waals surface area (Å²) in [6, 6.07) is 7.80. The van der Waals surface area contributed by atoms with E-state index in [9.17, 15) is 5.11 Å². The molecule has 1 saturated heterocycles. The van der Waals surface area contributed by atoms with E-state index in [-0.39, 0.29) is 12.6 Å². The average molecular weight is 280 g/mol. The molecule has 1 unspecified atom stereocenters. The maximum absolute atomic E-state index is 9.25. The fourth-order valence-corrected chi connectivity index (χ4v) is 2.37. The average Bonchev–Trinajstić information content (AvgIpc) is 2.73. The Morgan fingerprint density at radius 1 is 1.30 bits per heavy atom. The zero-order chi connectivity index (χ0) is 14.2. The Hall–Kier alpha value is -1.30. The molecule has 0 aliphatic carbocycles. The van der Waals surface area contributed by atoms with E-state index in [1.165, 1.54) is 0 Å². The van der Waals surface area contributed by atoms with Crippen LogP contribution in [0.3, 0.4) is 0 Å². The predicted molar refractivity (Wildman–Crippen MR) is 78.4 cm³/mol. The number of nitrogens with zero attached hydrogens (tertiary/aromatic N) is 1. The van der Waals surface area contributed by atoms with Crippen molar-refractivity contribution in [1.82, 2.24) is 10.2 Å². The Morgan fingerprint density at radius 3 is 2.75 bits per heavy atom. The first-order valence-electron chi connectivity index (χ1n) is 7.15. The van der Waals surface area contributed by atoms with Crippen molar-refractivity contribution in [1.29, 1.82) is 0 Å². The van der Waals surface area contributed by atoms with Gasteiger partial charge in [-0.1, -0.05) is 0 Å². The van der Waals surface area contributed by atoms with E-state index in [0.717, 1.165) is 44.1 Å². The van der Waals surface area contributed by atoms with Gasteiger partial charge in [-0.3, -0.25) is 4.90 Å². The van der Waals surface area contributed by atoms with Crippen LogP contribution >= 0.6 is 0 Å². The number of benzene rings is 1. The first kappa shape index (κ1) is 15.1. The Morgan fingerprint density at radius 2 is 2.05 bits per heavy atom. The van der Waals surface area contributed by atoms with Gasteiger partial charge < -0.3 is 19.9 Å². The highest BCUT2D eigenvalue weighted by Crippen LogP contribution is 2.16. The lowest BCUT2D eigenvalue weighted by molar-refractivity contribution is 0.177. The fraction of sp³-hybridized carbons (Fsp3) is 0.600. The summed E-state index contributed by atoms with van der Waals surface area (Å²) in [7, 11) is 1.65. The smallest absolute Gasteiger partial charge is 0.119 e. The highest BCUT2D eigenvalue weighted by molar-refractivity contribution is 5.31. The number of hydrogen-bond acceptors (Lipinski definition) is 5. The number of rotatable bonds is 6. The van der Waals surface area contributed by atoms with Crippen LogP contribution in [0, 0.1) is 0 Å². The molecule has 0 spiro atoms. The van der Waals surface area contributed by atoms with Crippen LogP contribution in [0.4, 0.5) is 0 Å². The molecule has 1 aliphatic heterocycles. The molecule has 0 aromatic heterocycles. The Kier molecular flexibility index (Phi) is 6.11. The molecule has 1 heterocycles. The molecular weight excluding hydrogens is 256 g/mol. The van der Waals surface area contributed by atoms with Gasteiger partial charge >= 0.3 is 0 Å². The summed E-state index contributed by atoms with van der Waals surface area (Å²) in [5.41, 5.74) is 0. The van der Waals surface area contributed by atoms with E-state index in [0.29, 0.717) is 6.61 Å². The van der Waals surface area contributed by atoms with Crippen molar-refractivity contribution in [2.75, 3.05) is 46.5 Å². The van der Waals surface area contributed by atoms with Crippen molar-refractivity contribution in [3.05, 3.63) is 24.3 Å². The van der Waals surface area contributed by atoms with Gasteiger partial charge in [0.1, 0.15) is 18.1 Å². The van der Waals surface area contributed by atoms with Crippen LogP contribution in [0.25, 0.3) is 0 Å². The maximum atomic E-state index is 9.25. The van der Waals surface area contributed by atoms with Gasteiger partial charge in [0.05, 0.1) is 13.7 Å². The van der Waals surface area contributed by atoms with Crippen molar-refractivity contribution in [2.45, 2.75) is 12.5 Å². The number of aliphatic hydroxyl groups is 1. The molecule has 1 fully saturated rings. The minimum atomic E-state index is 0.179. The maximum Gasteiger partial charge on any atom is 0.119 e. The lowest BCUT2D eigenvalue weighted by Crippen LogP contribution is -2.41. The topological polar surface area (TPSA) is 54.0 Å². The highest BCUT2D eigenvalue weighted by Gasteiger charge is 2.16. The molecule has 1 aromatic carbocycles. The van der Waals surface area contributed by atoms with E-state index < -0.39 is 0 Å². The second kappa shape index (κ2) is 8.09. The van der Waals surface area contributed by atoms with Gasteiger partial charge in [0, 0.05) is 19.1 Å². The lowest BCUT2D eigenvalue weighted by atomic mass is 10.3. The van der Waals surface area contributed by atoms with E-state index in [2.05, 4.69) is 10.2 Å². The van der Waals surface area contributed by atoms with Gasteiger partial charge in [-0.25, -0.2) is 0 Å². The molecule has 1 aliphatic rings. The molecule has 0 radical (unpaired) electrons. The van der Waals surface area contributed by atoms with Crippen LogP contribution in [0.15, 0.2) is 24.3 Å². The summed E-state index contributed by atoms with van der Waals surface area (Å²) in [5.74, 6) is 1.69. The van der Waals surface area contributed by atoms with E-state index >= 15 is 0 Å². The number of aliphatic hydroxyl groups excluding tert-OH is 1. The summed E-state index contributed by atoms with van der Waals surface area (Å²) in [6.45, 7) is 4.63. The number of ether oxygens (including phenoxy) is 2. The molecule has 2 N–H and O–H groups in total. The molecule has 0 amide bonds. The third-order valence-corrected chi connectivity index (χ3v) is 3.52. The summed E-state index contributed by atoms with van der Waals surface area (Å²) < 4.78 is 10.9. The molecule has 5 nitrogen and oxygen atoms in total. The van der Waals surface area contributed by atoms with Crippen LogP contribution in [0.2, 0.25) is 0 Å². The van der Waals surface area contributed by atoms with E-state index in [1.54, 1.807) is 7.11 Å². The third kappa shape index (κ3) is 4.67. The minimum absolute atomic E-state index is 0.179. The van der Waals surface area contributed by atoms with Gasteiger partial charge in [-0.05, 0) is 43.8 Å². The molecule has 0 bridgehead atoms. The quantitative estimate of drug-likeness (QED) is 0.804. The third-order valence-electron chi connectivity index (χ3n) is 3.52. The monoisotopic (exact) mass is 280 g/mol. The number of nitrogens with one attached hydrogen (secondary N) is 1. The molecule has 20 heavy (non-hydrogen) atoms. The predicted octanol–water partition coefficient (Wildman–Crippen LogP) is 0.730. The molecular formula is C15H24N2O3. The van der Waals surface area contributed by atoms with Crippen LogP contribution in [-0.2, 0) is 0 Å². The summed E-state index contributed by atoms with van der Waals surface area (Å²) >= 11 is 0. The second-order valence-corrected chi connectivity index (χ2v) is 5.01. The lowest BCUT2D eigenvalue weighted by Gasteiger charge is -2.23. The van der Waals surface area contributed by atoms with Crippen LogP contribution in [0.5, 0.6) is 11.5 Å². The Balaban J connectivity index is 1.73. The molecule has 1 aromatic rings. The Bertz CT molecular complexity index is 383. The summed E-state index contributed by atoms with van der Waals surface area (Å²) in [5, 5.41) is 12.6. The minimum Gasteiger partial charge on any atom is -0.497 e. The molecule has 112 valence electrons. The second-order valence-electron chi connectivity index (χ2n) is 5.01. The van der Waals surface area contributed by atoms with Crippen LogP contribution in [-0.4, -0.2) is 62.6 Å². The number of methoxy groups -OCH3 is 1. The standard InChI is InChI=1S/C15H24N2O3/c1-19-14-3-5-15(6-4-14)20-10-9-17-8-2-7-16-13(11-17)12-18/h3-6,13,16,18H,2,7-12H2,1H3. The SMILES string of the molecule is COc1ccc(OCCN2CCCNC(CO)C2)cc1. The van der Waals surface area contributed by atoms with Gasteiger partial charge in [0.2, 0.25) is 0 Å². The van der Waals surface area contributed by atoms with E-state index in [1.807, 2.05) is 24.3 Å². The van der Waals surface area contributed by atoms with Crippen molar-refractivity contribution in [3.63, 3.8) is 0 Å². The first-order chi connectivity index (χ1) is 9.81. The summed E-state index contributed by atoms with van der Waals surface area (Å²) in [6.07, 6.45) is 1.11. The molecule has 2 rings (SSSR count). The highest BCUT2D eigenvalue weighted by atomic mass is 16.5.